The molecule has 0 radical (unpaired) electrons. The lowest BCUT2D eigenvalue weighted by atomic mass is 10.1. The van der Waals surface area contributed by atoms with E-state index >= 15 is 0 Å². The first-order chi connectivity index (χ1) is 9.06. The second-order valence-electron chi connectivity index (χ2n) is 4.06. The van der Waals surface area contributed by atoms with Crippen molar-refractivity contribution in [3.8, 4) is 11.5 Å². The van der Waals surface area contributed by atoms with E-state index in [1.807, 2.05) is 0 Å². The van der Waals surface area contributed by atoms with E-state index in [0.717, 1.165) is 5.56 Å². The van der Waals surface area contributed by atoms with Crippen molar-refractivity contribution >= 4 is 11.7 Å². The Kier molecular flexibility index (Phi) is 3.56. The van der Waals surface area contributed by atoms with E-state index in [-0.39, 0.29) is 17.1 Å². The zero-order valence-corrected chi connectivity index (χ0v) is 10.00. The van der Waals surface area contributed by atoms with Gasteiger partial charge in [-0.15, -0.1) is 0 Å². The number of rotatable bonds is 4. The van der Waals surface area contributed by atoms with E-state index in [9.17, 15) is 15.0 Å². The van der Waals surface area contributed by atoms with Gasteiger partial charge in [0, 0.05) is 12.2 Å². The first kappa shape index (κ1) is 12.8. The van der Waals surface area contributed by atoms with Gasteiger partial charge in [-0.05, 0) is 35.9 Å². The first-order valence-electron chi connectivity index (χ1n) is 5.64. The molecule has 0 aliphatic carbocycles. The maximum Gasteiger partial charge on any atom is 0.335 e. The number of carboxylic acid groups (broad SMARTS) is 1. The number of hydrogen-bond donors (Lipinski definition) is 4. The SMILES string of the molecule is O=C(O)c1cccc(NCc2ccc(O)c(O)c2)c1. The molecule has 4 N–H and O–H groups in total. The van der Waals surface area contributed by atoms with E-state index in [1.54, 1.807) is 18.2 Å². The summed E-state index contributed by atoms with van der Waals surface area (Å²) in [6.07, 6.45) is 0. The average molecular weight is 259 g/mol. The van der Waals surface area contributed by atoms with E-state index < -0.39 is 5.97 Å². The molecular formula is C14H13NO4. The summed E-state index contributed by atoms with van der Waals surface area (Å²) < 4.78 is 0. The van der Waals surface area contributed by atoms with E-state index in [4.69, 9.17) is 5.11 Å². The molecule has 0 unspecified atom stereocenters. The van der Waals surface area contributed by atoms with Gasteiger partial charge in [-0.2, -0.15) is 0 Å². The van der Waals surface area contributed by atoms with Crippen molar-refractivity contribution in [3.05, 3.63) is 53.6 Å². The van der Waals surface area contributed by atoms with E-state index in [0.29, 0.717) is 12.2 Å². The van der Waals surface area contributed by atoms with Crippen LogP contribution in [0, 0.1) is 0 Å². The molecule has 0 amide bonds. The van der Waals surface area contributed by atoms with Crippen molar-refractivity contribution in [3.63, 3.8) is 0 Å². The monoisotopic (exact) mass is 259 g/mol. The van der Waals surface area contributed by atoms with Crippen molar-refractivity contribution in [2.45, 2.75) is 6.54 Å². The molecule has 2 rings (SSSR count). The molecular weight excluding hydrogens is 246 g/mol. The number of anilines is 1. The highest BCUT2D eigenvalue weighted by Crippen LogP contribution is 2.25. The van der Waals surface area contributed by atoms with Crippen LogP contribution in [0.15, 0.2) is 42.5 Å². The summed E-state index contributed by atoms with van der Waals surface area (Å²) in [5, 5.41) is 30.5. The number of hydrogen-bond acceptors (Lipinski definition) is 4. The molecule has 0 spiro atoms. The van der Waals surface area contributed by atoms with Crippen LogP contribution in [0.2, 0.25) is 0 Å². The van der Waals surface area contributed by atoms with Crippen LogP contribution in [0.5, 0.6) is 11.5 Å². The fourth-order valence-corrected chi connectivity index (χ4v) is 1.65. The Bertz CT molecular complexity index is 610. The lowest BCUT2D eigenvalue weighted by Gasteiger charge is -2.08. The Morgan fingerprint density at radius 2 is 1.84 bits per heavy atom. The zero-order valence-electron chi connectivity index (χ0n) is 10.00. The third kappa shape index (κ3) is 3.16. The summed E-state index contributed by atoms with van der Waals surface area (Å²) in [6.45, 7) is 0.414. The first-order valence-corrected chi connectivity index (χ1v) is 5.64. The molecule has 2 aromatic carbocycles. The number of benzene rings is 2. The van der Waals surface area contributed by atoms with Crippen LogP contribution in [-0.2, 0) is 6.54 Å². The van der Waals surface area contributed by atoms with Crippen LogP contribution in [0.25, 0.3) is 0 Å². The van der Waals surface area contributed by atoms with Crippen molar-refractivity contribution in [1.29, 1.82) is 0 Å². The molecule has 0 saturated heterocycles. The molecule has 5 heteroatoms. The van der Waals surface area contributed by atoms with Crippen LogP contribution < -0.4 is 5.32 Å². The summed E-state index contributed by atoms with van der Waals surface area (Å²) in [4.78, 5) is 10.8. The number of nitrogens with one attached hydrogen (secondary N) is 1. The smallest absolute Gasteiger partial charge is 0.335 e. The van der Waals surface area contributed by atoms with Crippen molar-refractivity contribution in [2.75, 3.05) is 5.32 Å². The third-order valence-corrected chi connectivity index (χ3v) is 2.65. The highest BCUT2D eigenvalue weighted by atomic mass is 16.4. The van der Waals surface area contributed by atoms with Crippen LogP contribution in [0.3, 0.4) is 0 Å². The molecule has 5 nitrogen and oxygen atoms in total. The van der Waals surface area contributed by atoms with Gasteiger partial charge in [0.05, 0.1) is 5.56 Å². The van der Waals surface area contributed by atoms with E-state index in [2.05, 4.69) is 5.32 Å². The lowest BCUT2D eigenvalue weighted by Crippen LogP contribution is -2.01. The van der Waals surface area contributed by atoms with Crippen LogP contribution in [0.1, 0.15) is 15.9 Å². The van der Waals surface area contributed by atoms with Gasteiger partial charge in [0.2, 0.25) is 0 Å². The van der Waals surface area contributed by atoms with Gasteiger partial charge < -0.3 is 20.6 Å². The quantitative estimate of drug-likeness (QED) is 0.633. The summed E-state index contributed by atoms with van der Waals surface area (Å²) in [5.41, 5.74) is 1.65. The van der Waals surface area contributed by atoms with Crippen LogP contribution in [0.4, 0.5) is 5.69 Å². The highest BCUT2D eigenvalue weighted by molar-refractivity contribution is 5.88. The number of carboxylic acids is 1. The lowest BCUT2D eigenvalue weighted by molar-refractivity contribution is 0.0697. The predicted molar refractivity (Wildman–Crippen MR) is 70.5 cm³/mol. The van der Waals surface area contributed by atoms with E-state index in [1.165, 1.54) is 24.3 Å². The Labute approximate surface area is 109 Å². The largest absolute Gasteiger partial charge is 0.504 e. The molecule has 19 heavy (non-hydrogen) atoms. The number of phenols is 2. The number of carbonyl (C=O) groups is 1. The summed E-state index contributed by atoms with van der Waals surface area (Å²) in [6, 6.07) is 11.0. The molecule has 98 valence electrons. The molecule has 2 aromatic rings. The highest BCUT2D eigenvalue weighted by Gasteiger charge is 2.04. The van der Waals surface area contributed by atoms with Gasteiger partial charge in [-0.25, -0.2) is 4.79 Å². The van der Waals surface area contributed by atoms with Gasteiger partial charge in [0.1, 0.15) is 0 Å². The predicted octanol–water partition coefficient (Wildman–Crippen LogP) is 2.41. The summed E-state index contributed by atoms with van der Waals surface area (Å²) in [7, 11) is 0. The molecule has 0 saturated carbocycles. The maximum absolute atomic E-state index is 10.8. The van der Waals surface area contributed by atoms with Crippen molar-refractivity contribution < 1.29 is 20.1 Å². The normalized spacial score (nSPS) is 10.1. The fraction of sp³-hybridized carbons (Fsp3) is 0.0714. The molecule has 0 heterocycles. The second kappa shape index (κ2) is 5.30. The Morgan fingerprint density at radius 1 is 1.05 bits per heavy atom. The standard InChI is InChI=1S/C14H13NO4/c16-12-5-4-9(6-13(12)17)8-15-11-3-1-2-10(7-11)14(18)19/h1-7,15-17H,8H2,(H,18,19). The van der Waals surface area contributed by atoms with Gasteiger partial charge in [0.25, 0.3) is 0 Å². The zero-order chi connectivity index (χ0) is 13.8. The maximum atomic E-state index is 10.8. The molecule has 0 aromatic heterocycles. The summed E-state index contributed by atoms with van der Waals surface area (Å²) in [5.74, 6) is -1.33. The Morgan fingerprint density at radius 3 is 2.53 bits per heavy atom. The van der Waals surface area contributed by atoms with Crippen LogP contribution >= 0.6 is 0 Å². The molecule has 0 aliphatic rings. The number of aromatic hydroxyl groups is 2. The van der Waals surface area contributed by atoms with Crippen molar-refractivity contribution in [1.82, 2.24) is 0 Å². The third-order valence-electron chi connectivity index (χ3n) is 2.65. The van der Waals surface area contributed by atoms with Crippen LogP contribution in [-0.4, -0.2) is 21.3 Å². The van der Waals surface area contributed by atoms with Gasteiger partial charge in [0.15, 0.2) is 11.5 Å². The molecule has 0 bridgehead atoms. The topological polar surface area (TPSA) is 89.8 Å². The number of phenolic OH excluding ortho intramolecular Hbond substituents is 2. The Hall–Kier alpha value is -2.69. The molecule has 0 fully saturated rings. The summed E-state index contributed by atoms with van der Waals surface area (Å²) >= 11 is 0. The Balaban J connectivity index is 2.07. The minimum absolute atomic E-state index is 0.170. The average Bonchev–Trinajstić information content (AvgIpc) is 2.40. The van der Waals surface area contributed by atoms with Gasteiger partial charge in [-0.1, -0.05) is 12.1 Å². The molecule has 0 aliphatic heterocycles. The number of aromatic carboxylic acids is 1. The van der Waals surface area contributed by atoms with Crippen molar-refractivity contribution in [2.24, 2.45) is 0 Å². The van der Waals surface area contributed by atoms with Gasteiger partial charge in [-0.3, -0.25) is 0 Å². The second-order valence-corrected chi connectivity index (χ2v) is 4.06. The molecule has 0 atom stereocenters. The minimum Gasteiger partial charge on any atom is -0.504 e. The van der Waals surface area contributed by atoms with Gasteiger partial charge >= 0.3 is 5.97 Å². The minimum atomic E-state index is -0.981. The fourth-order valence-electron chi connectivity index (χ4n) is 1.65.